The summed E-state index contributed by atoms with van der Waals surface area (Å²) < 4.78 is 7.84. The summed E-state index contributed by atoms with van der Waals surface area (Å²) >= 11 is 1.68. The summed E-state index contributed by atoms with van der Waals surface area (Å²) in [6, 6.07) is 6.33. The van der Waals surface area contributed by atoms with Crippen LogP contribution in [0.2, 0.25) is 0 Å². The van der Waals surface area contributed by atoms with Gasteiger partial charge in [-0.25, -0.2) is 4.79 Å². The second kappa shape index (κ2) is 5.98. The maximum atomic E-state index is 12.1. The number of nitrogens with zero attached hydrogens (tertiary/aromatic N) is 3. The van der Waals surface area contributed by atoms with Crippen LogP contribution in [0.5, 0.6) is 0 Å². The molecule has 26 heavy (non-hydrogen) atoms. The zero-order valence-corrected chi connectivity index (χ0v) is 15.8. The van der Waals surface area contributed by atoms with Gasteiger partial charge in [0.15, 0.2) is 5.16 Å². The lowest BCUT2D eigenvalue weighted by Crippen LogP contribution is -2.03. The highest BCUT2D eigenvalue weighted by Gasteiger charge is 2.36. The minimum atomic E-state index is -0.288. The molecule has 6 heteroatoms. The molecule has 3 aromatic rings. The van der Waals surface area contributed by atoms with E-state index < -0.39 is 0 Å². The second-order valence-corrected chi connectivity index (χ2v) is 8.42. The smallest absolute Gasteiger partial charge is 0.336 e. The number of rotatable bonds is 5. The molecule has 0 aliphatic heterocycles. The molecule has 5 rings (SSSR count). The number of thioether (sulfide) groups is 1. The minimum Gasteiger partial charge on any atom is -0.422 e. The van der Waals surface area contributed by atoms with Crippen molar-refractivity contribution >= 4 is 22.7 Å². The van der Waals surface area contributed by atoms with Crippen LogP contribution in [0.15, 0.2) is 32.6 Å². The van der Waals surface area contributed by atoms with Gasteiger partial charge in [0.25, 0.3) is 0 Å². The monoisotopic (exact) mass is 367 g/mol. The first-order chi connectivity index (χ1) is 12.6. The van der Waals surface area contributed by atoms with E-state index in [1.807, 2.05) is 13.8 Å². The van der Waals surface area contributed by atoms with Crippen LogP contribution < -0.4 is 5.63 Å². The molecule has 2 aliphatic carbocycles. The third-order valence-electron chi connectivity index (χ3n) is 5.42. The Kier molecular flexibility index (Phi) is 3.71. The molecule has 0 unspecified atom stereocenters. The molecular formula is C20H21N3O2S. The van der Waals surface area contributed by atoms with E-state index in [4.69, 9.17) is 4.42 Å². The summed E-state index contributed by atoms with van der Waals surface area (Å²) in [5.41, 5.74) is 3.58. The standard InChI is InChI=1S/C20H21N3O2S/c1-11-3-8-16-14(9-17(24)25-18(16)12(11)2)10-26-20-22-21-19(13-4-5-13)23(20)15-6-7-15/h3,8-9,13,15H,4-7,10H2,1-2H3. The van der Waals surface area contributed by atoms with Gasteiger partial charge >= 0.3 is 5.63 Å². The predicted octanol–water partition coefficient (Wildman–Crippen LogP) is 4.51. The summed E-state index contributed by atoms with van der Waals surface area (Å²) in [5, 5.41) is 10.9. The number of aryl methyl sites for hydroxylation is 2. The molecule has 2 saturated carbocycles. The minimum absolute atomic E-state index is 0.288. The fraction of sp³-hybridized carbons (Fsp3) is 0.450. The van der Waals surface area contributed by atoms with Gasteiger partial charge in [0, 0.05) is 29.2 Å². The van der Waals surface area contributed by atoms with Crippen molar-refractivity contribution in [2.24, 2.45) is 0 Å². The summed E-state index contributed by atoms with van der Waals surface area (Å²) in [6.07, 6.45) is 4.92. The number of hydrogen-bond donors (Lipinski definition) is 0. The van der Waals surface area contributed by atoms with Crippen LogP contribution in [0, 0.1) is 13.8 Å². The highest BCUT2D eigenvalue weighted by Crippen LogP contribution is 2.46. The van der Waals surface area contributed by atoms with Crippen LogP contribution in [-0.2, 0) is 5.75 Å². The van der Waals surface area contributed by atoms with E-state index in [0.29, 0.717) is 23.3 Å². The number of hydrogen-bond acceptors (Lipinski definition) is 5. The molecule has 0 radical (unpaired) electrons. The summed E-state index contributed by atoms with van der Waals surface area (Å²) in [6.45, 7) is 4.04. The molecule has 0 atom stereocenters. The Bertz CT molecular complexity index is 1060. The molecule has 0 bridgehead atoms. The lowest BCUT2D eigenvalue weighted by Gasteiger charge is -2.10. The van der Waals surface area contributed by atoms with Gasteiger partial charge in [-0.3, -0.25) is 0 Å². The first-order valence-corrected chi connectivity index (χ1v) is 10.2. The zero-order chi connectivity index (χ0) is 17.8. The van der Waals surface area contributed by atoms with Gasteiger partial charge in [-0.2, -0.15) is 0 Å². The summed E-state index contributed by atoms with van der Waals surface area (Å²) in [4.78, 5) is 12.1. The Labute approximate surface area is 155 Å². The van der Waals surface area contributed by atoms with Gasteiger partial charge in [-0.05, 0) is 56.2 Å². The van der Waals surface area contributed by atoms with Crippen molar-refractivity contribution in [1.29, 1.82) is 0 Å². The molecule has 2 fully saturated rings. The largest absolute Gasteiger partial charge is 0.422 e. The van der Waals surface area contributed by atoms with Crippen molar-refractivity contribution in [3.05, 3.63) is 51.1 Å². The third-order valence-corrected chi connectivity index (χ3v) is 6.41. The lowest BCUT2D eigenvalue weighted by atomic mass is 10.0. The molecule has 1 aromatic carbocycles. The van der Waals surface area contributed by atoms with Crippen LogP contribution in [0.25, 0.3) is 11.0 Å². The highest BCUT2D eigenvalue weighted by atomic mass is 32.2. The number of fused-ring (bicyclic) bond motifs is 1. The fourth-order valence-corrected chi connectivity index (χ4v) is 4.47. The van der Waals surface area contributed by atoms with E-state index in [1.165, 1.54) is 31.5 Å². The Morgan fingerprint density at radius 3 is 2.73 bits per heavy atom. The molecule has 134 valence electrons. The first-order valence-electron chi connectivity index (χ1n) is 9.22. The number of benzene rings is 1. The maximum Gasteiger partial charge on any atom is 0.336 e. The molecule has 2 aliphatic rings. The summed E-state index contributed by atoms with van der Waals surface area (Å²) in [5.74, 6) is 2.46. The van der Waals surface area contributed by atoms with Gasteiger partial charge in [0.1, 0.15) is 11.4 Å². The molecule has 0 spiro atoms. The molecule has 2 aromatic heterocycles. The van der Waals surface area contributed by atoms with Gasteiger partial charge in [0.05, 0.1) is 0 Å². The zero-order valence-electron chi connectivity index (χ0n) is 15.0. The topological polar surface area (TPSA) is 60.9 Å². The molecule has 0 N–H and O–H groups in total. The highest BCUT2D eigenvalue weighted by molar-refractivity contribution is 7.98. The van der Waals surface area contributed by atoms with Crippen LogP contribution >= 0.6 is 11.8 Å². The van der Waals surface area contributed by atoms with Crippen LogP contribution in [0.1, 0.15) is 60.2 Å². The van der Waals surface area contributed by atoms with E-state index in [1.54, 1.807) is 17.8 Å². The SMILES string of the molecule is Cc1ccc2c(CSc3nnc(C4CC4)n3C3CC3)cc(=O)oc2c1C. The predicted molar refractivity (Wildman–Crippen MR) is 102 cm³/mol. The van der Waals surface area contributed by atoms with Gasteiger partial charge in [-0.1, -0.05) is 23.9 Å². The average molecular weight is 367 g/mol. The fourth-order valence-electron chi connectivity index (χ4n) is 3.47. The lowest BCUT2D eigenvalue weighted by molar-refractivity contribution is 0.557. The Morgan fingerprint density at radius 2 is 2.00 bits per heavy atom. The summed E-state index contributed by atoms with van der Waals surface area (Å²) in [7, 11) is 0. The Hall–Kier alpha value is -2.08. The Balaban J connectivity index is 1.49. The van der Waals surface area contributed by atoms with E-state index in [0.717, 1.165) is 27.2 Å². The van der Waals surface area contributed by atoms with Crippen molar-refractivity contribution in [2.75, 3.05) is 0 Å². The quantitative estimate of drug-likeness (QED) is 0.491. The van der Waals surface area contributed by atoms with E-state index in [9.17, 15) is 4.79 Å². The van der Waals surface area contributed by atoms with Crippen molar-refractivity contribution in [2.45, 2.75) is 62.4 Å². The van der Waals surface area contributed by atoms with Gasteiger partial charge < -0.3 is 8.98 Å². The molecule has 0 saturated heterocycles. The van der Waals surface area contributed by atoms with E-state index in [-0.39, 0.29) is 5.63 Å². The van der Waals surface area contributed by atoms with Crippen molar-refractivity contribution < 1.29 is 4.42 Å². The van der Waals surface area contributed by atoms with Crippen molar-refractivity contribution in [3.8, 4) is 0 Å². The molecular weight excluding hydrogens is 346 g/mol. The van der Waals surface area contributed by atoms with Crippen LogP contribution in [0.3, 0.4) is 0 Å². The van der Waals surface area contributed by atoms with Crippen LogP contribution in [0.4, 0.5) is 0 Å². The van der Waals surface area contributed by atoms with Gasteiger partial charge in [0.2, 0.25) is 0 Å². The Morgan fingerprint density at radius 1 is 1.19 bits per heavy atom. The normalized spacial score (nSPS) is 17.2. The molecule has 5 nitrogen and oxygen atoms in total. The third kappa shape index (κ3) is 2.76. The maximum absolute atomic E-state index is 12.1. The van der Waals surface area contributed by atoms with E-state index in [2.05, 4.69) is 26.9 Å². The molecule has 2 heterocycles. The second-order valence-electron chi connectivity index (χ2n) is 7.48. The van der Waals surface area contributed by atoms with Crippen LogP contribution in [-0.4, -0.2) is 14.8 Å². The van der Waals surface area contributed by atoms with Gasteiger partial charge in [-0.15, -0.1) is 10.2 Å². The van der Waals surface area contributed by atoms with E-state index >= 15 is 0 Å². The van der Waals surface area contributed by atoms with Crippen molar-refractivity contribution in [3.63, 3.8) is 0 Å². The first kappa shape index (κ1) is 16.1. The molecule has 0 amide bonds. The number of aromatic nitrogens is 3. The average Bonchev–Trinajstić information content (AvgIpc) is 3.55. The van der Waals surface area contributed by atoms with Crippen molar-refractivity contribution in [1.82, 2.24) is 14.8 Å².